The average molecular weight is 424 g/mol. The summed E-state index contributed by atoms with van der Waals surface area (Å²) < 4.78 is 23.0. The Kier molecular flexibility index (Phi) is 5.34. The molecule has 7 nitrogen and oxygen atoms in total. The first-order chi connectivity index (χ1) is 15.1. The van der Waals surface area contributed by atoms with Crippen LogP contribution < -0.4 is 23.8 Å². The molecule has 2 fully saturated rings. The van der Waals surface area contributed by atoms with Gasteiger partial charge in [-0.25, -0.2) is 4.98 Å². The van der Waals surface area contributed by atoms with Crippen molar-refractivity contribution in [2.24, 2.45) is 17.8 Å². The lowest BCUT2D eigenvalue weighted by Crippen LogP contribution is -2.38. The molecule has 164 valence electrons. The largest absolute Gasteiger partial charge is 0.493 e. The zero-order chi connectivity index (χ0) is 21.4. The van der Waals surface area contributed by atoms with E-state index < -0.39 is 0 Å². The Morgan fingerprint density at radius 1 is 1.19 bits per heavy atom. The lowest BCUT2D eigenvalue weighted by atomic mass is 10.1. The summed E-state index contributed by atoms with van der Waals surface area (Å²) in [6.45, 7) is 3.66. The first kappa shape index (κ1) is 20.0. The molecule has 1 aliphatic heterocycles. The molecule has 2 heterocycles. The van der Waals surface area contributed by atoms with Gasteiger partial charge >= 0.3 is 0 Å². The zero-order valence-electron chi connectivity index (χ0n) is 18.0. The van der Waals surface area contributed by atoms with Crippen molar-refractivity contribution >= 4 is 11.6 Å². The standard InChI is InChI=1S/C24H28N2O5/c1-15-9-17(15)13-30-23-11-21-19(12-25-23)24(27)26(14-31-21)18-5-6-20(22(10-18)28-2)29-8-7-16-3-4-16/h5-6,10-12,15-17H,3-4,7-9,13-14H2,1-2H3. The van der Waals surface area contributed by atoms with Crippen LogP contribution in [0.15, 0.2) is 30.5 Å². The van der Waals surface area contributed by atoms with Crippen LogP contribution in [0.5, 0.6) is 23.1 Å². The van der Waals surface area contributed by atoms with Crippen LogP contribution in [-0.2, 0) is 0 Å². The third-order valence-electron chi connectivity index (χ3n) is 6.33. The van der Waals surface area contributed by atoms with E-state index in [0.717, 1.165) is 18.3 Å². The lowest BCUT2D eigenvalue weighted by Gasteiger charge is -2.29. The van der Waals surface area contributed by atoms with Crippen LogP contribution in [0.25, 0.3) is 0 Å². The van der Waals surface area contributed by atoms with Crippen molar-refractivity contribution in [1.29, 1.82) is 0 Å². The van der Waals surface area contributed by atoms with Crippen LogP contribution in [0.1, 0.15) is 43.0 Å². The van der Waals surface area contributed by atoms with Gasteiger partial charge in [0, 0.05) is 18.3 Å². The van der Waals surface area contributed by atoms with Crippen LogP contribution in [0, 0.1) is 17.8 Å². The van der Waals surface area contributed by atoms with Gasteiger partial charge in [0.25, 0.3) is 5.91 Å². The summed E-state index contributed by atoms with van der Waals surface area (Å²) in [5.41, 5.74) is 1.10. The maximum atomic E-state index is 13.1. The van der Waals surface area contributed by atoms with E-state index in [2.05, 4.69) is 11.9 Å². The quantitative estimate of drug-likeness (QED) is 0.598. The van der Waals surface area contributed by atoms with Crippen molar-refractivity contribution in [2.45, 2.75) is 32.6 Å². The fourth-order valence-corrected chi connectivity index (χ4v) is 3.82. The number of rotatable bonds is 9. The number of anilines is 1. The number of pyridine rings is 1. The van der Waals surface area contributed by atoms with Gasteiger partial charge in [0.05, 0.1) is 26.0 Å². The zero-order valence-corrected chi connectivity index (χ0v) is 18.0. The lowest BCUT2D eigenvalue weighted by molar-refractivity contribution is 0.0936. The molecule has 0 radical (unpaired) electrons. The number of aromatic nitrogens is 1. The van der Waals surface area contributed by atoms with Crippen LogP contribution in [0.3, 0.4) is 0 Å². The Morgan fingerprint density at radius 2 is 2.03 bits per heavy atom. The highest BCUT2D eigenvalue weighted by Crippen LogP contribution is 2.39. The van der Waals surface area contributed by atoms with Gasteiger partial charge in [0.1, 0.15) is 11.3 Å². The van der Waals surface area contributed by atoms with Gasteiger partial charge in [-0.15, -0.1) is 0 Å². The highest BCUT2D eigenvalue weighted by molar-refractivity contribution is 6.08. The topological polar surface area (TPSA) is 70.1 Å². The molecule has 2 aromatic rings. The fraction of sp³-hybridized carbons (Fsp3) is 0.500. The van der Waals surface area contributed by atoms with E-state index in [0.29, 0.717) is 53.5 Å². The van der Waals surface area contributed by atoms with E-state index in [1.807, 2.05) is 12.1 Å². The fourth-order valence-electron chi connectivity index (χ4n) is 3.82. The molecule has 0 N–H and O–H groups in total. The predicted molar refractivity (Wildman–Crippen MR) is 115 cm³/mol. The molecule has 2 aliphatic carbocycles. The summed E-state index contributed by atoms with van der Waals surface area (Å²) in [5.74, 6) is 4.25. The minimum atomic E-state index is -0.166. The second kappa shape index (κ2) is 8.29. The molecular weight excluding hydrogens is 396 g/mol. The van der Waals surface area contributed by atoms with Gasteiger partial charge in [-0.2, -0.15) is 0 Å². The summed E-state index contributed by atoms with van der Waals surface area (Å²) in [5, 5.41) is 0. The molecule has 1 aromatic carbocycles. The number of amides is 1. The second-order valence-electron chi connectivity index (χ2n) is 8.73. The van der Waals surface area contributed by atoms with E-state index in [-0.39, 0.29) is 12.6 Å². The van der Waals surface area contributed by atoms with E-state index in [9.17, 15) is 4.79 Å². The summed E-state index contributed by atoms with van der Waals surface area (Å²) in [7, 11) is 1.60. The molecule has 1 amide bonds. The highest BCUT2D eigenvalue weighted by atomic mass is 16.5. The summed E-state index contributed by atoms with van der Waals surface area (Å²) in [4.78, 5) is 18.9. The van der Waals surface area contributed by atoms with Crippen LogP contribution in [0.4, 0.5) is 5.69 Å². The molecule has 31 heavy (non-hydrogen) atoms. The number of carbonyl (C=O) groups is 1. The van der Waals surface area contributed by atoms with E-state index in [4.69, 9.17) is 18.9 Å². The number of hydrogen-bond acceptors (Lipinski definition) is 6. The molecule has 0 saturated heterocycles. The third-order valence-corrected chi connectivity index (χ3v) is 6.33. The second-order valence-corrected chi connectivity index (χ2v) is 8.73. The SMILES string of the molecule is COc1cc(N2COc3cc(OCC4CC4C)ncc3C2=O)ccc1OCCC1CC1. The molecule has 3 aliphatic rings. The van der Waals surface area contributed by atoms with Crippen molar-refractivity contribution in [1.82, 2.24) is 4.98 Å². The Labute approximate surface area is 182 Å². The molecule has 1 aromatic heterocycles. The smallest absolute Gasteiger partial charge is 0.266 e. The van der Waals surface area contributed by atoms with E-state index >= 15 is 0 Å². The number of carbonyl (C=O) groups excluding carboxylic acids is 1. The maximum absolute atomic E-state index is 13.1. The Morgan fingerprint density at radius 3 is 2.77 bits per heavy atom. The Bertz CT molecular complexity index is 974. The normalized spacial score (nSPS) is 21.9. The van der Waals surface area contributed by atoms with Crippen molar-refractivity contribution in [3.63, 3.8) is 0 Å². The first-order valence-corrected chi connectivity index (χ1v) is 11.0. The third kappa shape index (κ3) is 4.40. The van der Waals surface area contributed by atoms with Crippen molar-refractivity contribution in [3.05, 3.63) is 36.0 Å². The molecule has 0 bridgehead atoms. The molecule has 2 atom stereocenters. The maximum Gasteiger partial charge on any atom is 0.266 e. The molecule has 0 spiro atoms. The summed E-state index contributed by atoms with van der Waals surface area (Å²) in [6.07, 6.45) is 6.41. The molecule has 7 heteroatoms. The van der Waals surface area contributed by atoms with Gasteiger partial charge in [-0.3, -0.25) is 9.69 Å². The van der Waals surface area contributed by atoms with Gasteiger partial charge in [0.2, 0.25) is 5.88 Å². The van der Waals surface area contributed by atoms with Gasteiger partial charge in [-0.1, -0.05) is 19.8 Å². The van der Waals surface area contributed by atoms with E-state index in [1.165, 1.54) is 25.5 Å². The number of fused-ring (bicyclic) bond motifs is 1. The van der Waals surface area contributed by atoms with Crippen LogP contribution in [0.2, 0.25) is 0 Å². The number of benzene rings is 1. The minimum Gasteiger partial charge on any atom is -0.493 e. The molecule has 5 rings (SSSR count). The number of methoxy groups -OCH3 is 1. The van der Waals surface area contributed by atoms with Crippen molar-refractivity contribution in [3.8, 4) is 23.1 Å². The predicted octanol–water partition coefficient (Wildman–Crippen LogP) is 4.30. The van der Waals surface area contributed by atoms with Gasteiger partial charge < -0.3 is 18.9 Å². The molecule has 2 saturated carbocycles. The Hall–Kier alpha value is -2.96. The monoisotopic (exact) mass is 424 g/mol. The van der Waals surface area contributed by atoms with Gasteiger partial charge in [0.15, 0.2) is 18.2 Å². The summed E-state index contributed by atoms with van der Waals surface area (Å²) in [6, 6.07) is 7.20. The van der Waals surface area contributed by atoms with Crippen molar-refractivity contribution < 1.29 is 23.7 Å². The Balaban J connectivity index is 1.27. The first-order valence-electron chi connectivity index (χ1n) is 11.0. The number of hydrogen-bond donors (Lipinski definition) is 0. The molecular formula is C24H28N2O5. The average Bonchev–Trinajstić information content (AvgIpc) is 3.71. The van der Waals surface area contributed by atoms with E-state index in [1.54, 1.807) is 24.1 Å². The van der Waals surface area contributed by atoms with Crippen LogP contribution in [-0.4, -0.2) is 37.9 Å². The highest BCUT2D eigenvalue weighted by Gasteiger charge is 2.33. The number of ether oxygens (including phenoxy) is 4. The van der Waals surface area contributed by atoms with Crippen LogP contribution >= 0.6 is 0 Å². The van der Waals surface area contributed by atoms with Gasteiger partial charge in [-0.05, 0) is 42.7 Å². The minimum absolute atomic E-state index is 0.111. The number of nitrogens with zero attached hydrogens (tertiary/aromatic N) is 2. The van der Waals surface area contributed by atoms with Crippen molar-refractivity contribution in [2.75, 3.05) is 32.0 Å². The summed E-state index contributed by atoms with van der Waals surface area (Å²) >= 11 is 0. The molecule has 2 unspecified atom stereocenters.